The lowest BCUT2D eigenvalue weighted by atomic mass is 10.2. The Labute approximate surface area is 218 Å². The van der Waals surface area contributed by atoms with Crippen LogP contribution in [0.2, 0.25) is 5.02 Å². The molecular weight excluding hydrogens is 536 g/mol. The second kappa shape index (κ2) is 13.0. The standard InChI is InChI=1S/C26H26BrClN2O5/c1-4-33-22-11-10-18(14-23(22)32-3)26(31)30-29-15-17-12-20(27)25(24(13-17)34-5-2)35-16-19-8-6-7-9-21(19)28/h6-15H,4-5,16H2,1-3H3,(H,30,31)/b29-15+. The smallest absolute Gasteiger partial charge is 0.271 e. The maximum absolute atomic E-state index is 12.5. The molecule has 1 amide bonds. The molecule has 0 aliphatic rings. The Bertz CT molecular complexity index is 1200. The van der Waals surface area contributed by atoms with E-state index in [0.717, 1.165) is 5.56 Å². The Balaban J connectivity index is 1.72. The normalized spacial score (nSPS) is 10.8. The van der Waals surface area contributed by atoms with Gasteiger partial charge in [-0.1, -0.05) is 29.8 Å². The van der Waals surface area contributed by atoms with Crippen LogP contribution in [0.4, 0.5) is 0 Å². The fourth-order valence-corrected chi connectivity index (χ4v) is 3.91. The molecule has 0 bridgehead atoms. The summed E-state index contributed by atoms with van der Waals surface area (Å²) in [6.45, 7) is 4.99. The molecule has 0 atom stereocenters. The van der Waals surface area contributed by atoms with Gasteiger partial charge in [-0.25, -0.2) is 5.43 Å². The van der Waals surface area contributed by atoms with Crippen molar-refractivity contribution in [3.05, 3.63) is 80.8 Å². The van der Waals surface area contributed by atoms with Crippen LogP contribution < -0.4 is 24.4 Å². The first-order valence-electron chi connectivity index (χ1n) is 10.9. The molecule has 0 saturated carbocycles. The van der Waals surface area contributed by atoms with Gasteiger partial charge in [0.1, 0.15) is 6.61 Å². The Hall–Kier alpha value is -3.23. The SMILES string of the molecule is CCOc1ccc(C(=O)N/N=C/c2cc(Br)c(OCc3ccccc3Cl)c(OCC)c2)cc1OC. The molecule has 184 valence electrons. The van der Waals surface area contributed by atoms with Gasteiger partial charge in [0.25, 0.3) is 5.91 Å². The third kappa shape index (κ3) is 7.13. The molecule has 35 heavy (non-hydrogen) atoms. The second-order valence-corrected chi connectivity index (χ2v) is 8.40. The van der Waals surface area contributed by atoms with E-state index in [1.165, 1.54) is 13.3 Å². The number of methoxy groups -OCH3 is 1. The van der Waals surface area contributed by atoms with Crippen LogP contribution in [0.3, 0.4) is 0 Å². The summed E-state index contributed by atoms with van der Waals surface area (Å²) >= 11 is 9.77. The van der Waals surface area contributed by atoms with Crippen molar-refractivity contribution < 1.29 is 23.7 Å². The van der Waals surface area contributed by atoms with Crippen molar-refractivity contribution in [2.24, 2.45) is 5.10 Å². The molecule has 1 N–H and O–H groups in total. The number of rotatable bonds is 11. The Kier molecular flexibility index (Phi) is 9.81. The zero-order valence-corrected chi connectivity index (χ0v) is 22.0. The highest BCUT2D eigenvalue weighted by Crippen LogP contribution is 2.37. The topological polar surface area (TPSA) is 78.4 Å². The molecule has 0 unspecified atom stereocenters. The average Bonchev–Trinajstić information content (AvgIpc) is 2.85. The molecule has 3 aromatic rings. The summed E-state index contributed by atoms with van der Waals surface area (Å²) in [4.78, 5) is 12.5. The van der Waals surface area contributed by atoms with Crippen molar-refractivity contribution in [3.8, 4) is 23.0 Å². The number of hydrazone groups is 1. The van der Waals surface area contributed by atoms with Crippen molar-refractivity contribution >= 4 is 39.7 Å². The van der Waals surface area contributed by atoms with Crippen LogP contribution in [0.15, 0.2) is 64.2 Å². The minimum Gasteiger partial charge on any atom is -0.493 e. The Morgan fingerprint density at radius 1 is 1.00 bits per heavy atom. The summed E-state index contributed by atoms with van der Waals surface area (Å²) in [7, 11) is 1.52. The van der Waals surface area contributed by atoms with Gasteiger partial charge in [-0.15, -0.1) is 0 Å². The molecule has 9 heteroatoms. The first kappa shape index (κ1) is 26.4. The van der Waals surface area contributed by atoms with Crippen molar-refractivity contribution in [3.63, 3.8) is 0 Å². The van der Waals surface area contributed by atoms with Crippen molar-refractivity contribution in [2.75, 3.05) is 20.3 Å². The van der Waals surface area contributed by atoms with Gasteiger partial charge in [-0.05, 0) is 71.7 Å². The van der Waals surface area contributed by atoms with Gasteiger partial charge >= 0.3 is 0 Å². The molecule has 0 saturated heterocycles. The first-order valence-corrected chi connectivity index (χ1v) is 12.1. The molecule has 0 fully saturated rings. The maximum Gasteiger partial charge on any atom is 0.271 e. The predicted octanol–water partition coefficient (Wildman–Crippen LogP) is 6.25. The summed E-state index contributed by atoms with van der Waals surface area (Å²) in [6, 6.07) is 16.0. The van der Waals surface area contributed by atoms with E-state index in [1.54, 1.807) is 24.3 Å². The van der Waals surface area contributed by atoms with E-state index in [1.807, 2.05) is 44.2 Å². The molecule has 0 spiro atoms. The molecule has 0 radical (unpaired) electrons. The molecule has 0 aromatic heterocycles. The average molecular weight is 562 g/mol. The zero-order chi connectivity index (χ0) is 25.2. The fourth-order valence-electron chi connectivity index (χ4n) is 3.14. The molecule has 0 aliphatic heterocycles. The lowest BCUT2D eigenvalue weighted by molar-refractivity contribution is 0.0954. The summed E-state index contributed by atoms with van der Waals surface area (Å²) in [5.74, 6) is 1.75. The molecule has 0 heterocycles. The van der Waals surface area contributed by atoms with Crippen LogP contribution in [-0.4, -0.2) is 32.4 Å². The van der Waals surface area contributed by atoms with E-state index in [9.17, 15) is 4.79 Å². The van der Waals surface area contributed by atoms with Gasteiger partial charge in [-0.3, -0.25) is 4.79 Å². The Morgan fingerprint density at radius 2 is 1.74 bits per heavy atom. The third-order valence-corrected chi connectivity index (χ3v) is 5.72. The van der Waals surface area contributed by atoms with Gasteiger partial charge in [0, 0.05) is 16.1 Å². The number of nitrogens with one attached hydrogen (secondary N) is 1. The van der Waals surface area contributed by atoms with Crippen LogP contribution in [0.25, 0.3) is 0 Å². The van der Waals surface area contributed by atoms with Crippen LogP contribution in [-0.2, 0) is 6.61 Å². The van der Waals surface area contributed by atoms with Crippen LogP contribution in [0, 0.1) is 0 Å². The minimum absolute atomic E-state index is 0.285. The van der Waals surface area contributed by atoms with E-state index >= 15 is 0 Å². The lowest BCUT2D eigenvalue weighted by Gasteiger charge is -2.15. The number of carbonyl (C=O) groups excluding carboxylic acids is 1. The van der Waals surface area contributed by atoms with Crippen molar-refractivity contribution in [1.29, 1.82) is 0 Å². The maximum atomic E-state index is 12.5. The van der Waals surface area contributed by atoms with Gasteiger partial charge < -0.3 is 18.9 Å². The van der Waals surface area contributed by atoms with Gasteiger partial charge in [0.2, 0.25) is 0 Å². The number of ether oxygens (including phenoxy) is 4. The van der Waals surface area contributed by atoms with Gasteiger partial charge in [-0.2, -0.15) is 5.10 Å². The van der Waals surface area contributed by atoms with Crippen molar-refractivity contribution in [2.45, 2.75) is 20.5 Å². The lowest BCUT2D eigenvalue weighted by Crippen LogP contribution is -2.17. The van der Waals surface area contributed by atoms with E-state index in [4.69, 9.17) is 30.5 Å². The molecular formula is C26H26BrClN2O5. The highest BCUT2D eigenvalue weighted by molar-refractivity contribution is 9.10. The molecule has 7 nitrogen and oxygen atoms in total. The second-order valence-electron chi connectivity index (χ2n) is 7.14. The Morgan fingerprint density at radius 3 is 2.46 bits per heavy atom. The highest BCUT2D eigenvalue weighted by atomic mass is 79.9. The molecule has 3 rings (SSSR count). The quantitative estimate of drug-likeness (QED) is 0.221. The largest absolute Gasteiger partial charge is 0.493 e. The number of hydrogen-bond acceptors (Lipinski definition) is 6. The zero-order valence-electron chi connectivity index (χ0n) is 19.6. The number of amides is 1. The van der Waals surface area contributed by atoms with E-state index in [-0.39, 0.29) is 12.5 Å². The number of carbonyl (C=O) groups is 1. The molecule has 0 aliphatic carbocycles. The highest BCUT2D eigenvalue weighted by Gasteiger charge is 2.14. The van der Waals surface area contributed by atoms with Crippen LogP contribution in [0.5, 0.6) is 23.0 Å². The van der Waals surface area contributed by atoms with Gasteiger partial charge in [0.05, 0.1) is 31.0 Å². The van der Waals surface area contributed by atoms with E-state index in [2.05, 4.69) is 26.5 Å². The van der Waals surface area contributed by atoms with Crippen LogP contribution >= 0.6 is 27.5 Å². The number of nitrogens with zero attached hydrogens (tertiary/aromatic N) is 1. The summed E-state index contributed by atoms with van der Waals surface area (Å²) < 4.78 is 23.2. The summed E-state index contributed by atoms with van der Waals surface area (Å²) in [6.07, 6.45) is 1.52. The number of halogens is 2. The monoisotopic (exact) mass is 560 g/mol. The van der Waals surface area contributed by atoms with E-state index in [0.29, 0.717) is 56.8 Å². The number of benzene rings is 3. The van der Waals surface area contributed by atoms with E-state index < -0.39 is 0 Å². The number of hydrogen-bond donors (Lipinski definition) is 1. The molecule has 3 aromatic carbocycles. The first-order chi connectivity index (χ1) is 17.0. The fraction of sp³-hybridized carbons (Fsp3) is 0.231. The van der Waals surface area contributed by atoms with Crippen LogP contribution in [0.1, 0.15) is 35.3 Å². The third-order valence-electron chi connectivity index (χ3n) is 4.77. The summed E-state index contributed by atoms with van der Waals surface area (Å²) in [5, 5.41) is 4.71. The van der Waals surface area contributed by atoms with Gasteiger partial charge in [0.15, 0.2) is 23.0 Å². The van der Waals surface area contributed by atoms with Crippen molar-refractivity contribution in [1.82, 2.24) is 5.43 Å². The summed E-state index contributed by atoms with van der Waals surface area (Å²) in [5.41, 5.74) is 4.48. The minimum atomic E-state index is -0.383. The predicted molar refractivity (Wildman–Crippen MR) is 140 cm³/mol.